The van der Waals surface area contributed by atoms with Crippen molar-refractivity contribution >= 4 is 29.2 Å². The molecule has 160 valence electrons. The fourth-order valence-electron chi connectivity index (χ4n) is 3.08. The van der Waals surface area contributed by atoms with Gasteiger partial charge in [-0.25, -0.2) is 22.9 Å². The van der Waals surface area contributed by atoms with Crippen LogP contribution >= 0.6 is 0 Å². The quantitative estimate of drug-likeness (QED) is 0.619. The van der Waals surface area contributed by atoms with Gasteiger partial charge in [-0.3, -0.25) is 0 Å². The molecule has 2 N–H and O–H groups in total. The zero-order chi connectivity index (χ0) is 21.8. The molecule has 0 unspecified atom stereocenters. The van der Waals surface area contributed by atoms with Crippen LogP contribution in [0.1, 0.15) is 0 Å². The van der Waals surface area contributed by atoms with Crippen molar-refractivity contribution in [2.75, 3.05) is 41.7 Å². The average molecular weight is 429 g/mol. The van der Waals surface area contributed by atoms with Crippen molar-refractivity contribution < 1.29 is 18.0 Å². The molecule has 0 saturated carbocycles. The number of anilines is 4. The largest absolute Gasteiger partial charge is 0.352 e. The van der Waals surface area contributed by atoms with Gasteiger partial charge in [0, 0.05) is 32.4 Å². The first-order chi connectivity index (χ1) is 15.0. The van der Waals surface area contributed by atoms with Crippen LogP contribution in [0.4, 0.5) is 41.1 Å². The maximum atomic E-state index is 13.8. The Labute approximate surface area is 175 Å². The Kier molecular flexibility index (Phi) is 5.83. The van der Waals surface area contributed by atoms with Crippen LogP contribution in [0.2, 0.25) is 0 Å². The Morgan fingerprint density at radius 2 is 1.68 bits per heavy atom. The number of benzene rings is 1. The summed E-state index contributed by atoms with van der Waals surface area (Å²) in [6.45, 7) is 1.64. The van der Waals surface area contributed by atoms with Gasteiger partial charge in [-0.1, -0.05) is 6.07 Å². The van der Waals surface area contributed by atoms with E-state index in [-0.39, 0.29) is 0 Å². The number of aromatic nitrogens is 3. The highest BCUT2D eigenvalue weighted by molar-refractivity contribution is 5.89. The lowest BCUT2D eigenvalue weighted by atomic mass is 10.2. The number of halogens is 3. The molecule has 1 fully saturated rings. The third kappa shape index (κ3) is 4.65. The number of carbonyl (C=O) groups is 1. The van der Waals surface area contributed by atoms with E-state index in [1.807, 2.05) is 29.2 Å². The predicted molar refractivity (Wildman–Crippen MR) is 109 cm³/mol. The number of pyridine rings is 1. The standard InChI is InChI=1S/C20H18F3N7O/c21-13-4-5-14(19(23)18(13)22)25-20(31)30-11-9-29(10-12-30)17-7-6-16(27-28-17)26-15-3-1-2-8-24-15/h1-8H,9-12H2,(H,25,31)(H,24,26,27). The van der Waals surface area contributed by atoms with Gasteiger partial charge in [0.05, 0.1) is 5.69 Å². The monoisotopic (exact) mass is 429 g/mol. The van der Waals surface area contributed by atoms with Crippen molar-refractivity contribution in [1.29, 1.82) is 0 Å². The molecule has 3 aromatic rings. The number of hydrogen-bond donors (Lipinski definition) is 2. The number of nitrogens with zero attached hydrogens (tertiary/aromatic N) is 5. The van der Waals surface area contributed by atoms with Gasteiger partial charge in [-0.15, -0.1) is 10.2 Å². The summed E-state index contributed by atoms with van der Waals surface area (Å²) in [4.78, 5) is 19.9. The normalized spacial score (nSPS) is 13.8. The minimum absolute atomic E-state index is 0.340. The van der Waals surface area contributed by atoms with E-state index in [0.29, 0.717) is 43.6 Å². The van der Waals surface area contributed by atoms with Crippen molar-refractivity contribution in [2.24, 2.45) is 0 Å². The van der Waals surface area contributed by atoms with Gasteiger partial charge < -0.3 is 20.4 Å². The molecule has 0 spiro atoms. The first kappa shape index (κ1) is 20.4. The molecule has 0 aliphatic carbocycles. The maximum absolute atomic E-state index is 13.8. The summed E-state index contributed by atoms with van der Waals surface area (Å²) >= 11 is 0. The molecule has 4 rings (SSSR count). The maximum Gasteiger partial charge on any atom is 0.322 e. The molecule has 31 heavy (non-hydrogen) atoms. The minimum atomic E-state index is -1.62. The Bertz CT molecular complexity index is 1060. The summed E-state index contributed by atoms with van der Waals surface area (Å²) in [7, 11) is 0. The number of rotatable bonds is 4. The Balaban J connectivity index is 1.32. The van der Waals surface area contributed by atoms with E-state index in [1.165, 1.54) is 4.90 Å². The van der Waals surface area contributed by atoms with Gasteiger partial charge >= 0.3 is 6.03 Å². The van der Waals surface area contributed by atoms with Crippen molar-refractivity contribution in [3.8, 4) is 0 Å². The fraction of sp³-hybridized carbons (Fsp3) is 0.200. The van der Waals surface area contributed by atoms with E-state index in [1.54, 1.807) is 12.3 Å². The summed E-state index contributed by atoms with van der Waals surface area (Å²) in [5, 5.41) is 13.7. The molecule has 8 nitrogen and oxygen atoms in total. The van der Waals surface area contributed by atoms with Gasteiger partial charge in [0.2, 0.25) is 0 Å². The van der Waals surface area contributed by atoms with E-state index < -0.39 is 29.2 Å². The van der Waals surface area contributed by atoms with E-state index >= 15 is 0 Å². The van der Waals surface area contributed by atoms with Crippen molar-refractivity contribution in [3.05, 3.63) is 66.1 Å². The highest BCUT2D eigenvalue weighted by atomic mass is 19.2. The molecule has 0 atom stereocenters. The molecule has 0 bridgehead atoms. The van der Waals surface area contributed by atoms with Crippen molar-refractivity contribution in [3.63, 3.8) is 0 Å². The van der Waals surface area contributed by atoms with Crippen molar-refractivity contribution in [2.45, 2.75) is 0 Å². The number of amides is 2. The number of carbonyl (C=O) groups excluding carboxylic acids is 1. The van der Waals surface area contributed by atoms with E-state index in [0.717, 1.165) is 12.1 Å². The average Bonchev–Trinajstić information content (AvgIpc) is 2.81. The third-order valence-electron chi connectivity index (χ3n) is 4.74. The molecule has 11 heteroatoms. The molecule has 1 aliphatic rings. The summed E-state index contributed by atoms with van der Waals surface area (Å²) in [6.07, 6.45) is 1.67. The van der Waals surface area contributed by atoms with Gasteiger partial charge in [0.25, 0.3) is 0 Å². The van der Waals surface area contributed by atoms with Crippen LogP contribution in [0.15, 0.2) is 48.7 Å². The van der Waals surface area contributed by atoms with Crippen LogP contribution in [0, 0.1) is 17.5 Å². The summed E-state index contributed by atoms with van der Waals surface area (Å²) in [5.41, 5.74) is -0.409. The van der Waals surface area contributed by atoms with Crippen LogP contribution in [-0.2, 0) is 0 Å². The molecular formula is C20H18F3N7O. The summed E-state index contributed by atoms with van der Waals surface area (Å²) in [5.74, 6) is -2.51. The molecular weight excluding hydrogens is 411 g/mol. The van der Waals surface area contributed by atoms with Crippen LogP contribution in [-0.4, -0.2) is 52.3 Å². The fourth-order valence-corrected chi connectivity index (χ4v) is 3.08. The van der Waals surface area contributed by atoms with Crippen LogP contribution in [0.25, 0.3) is 0 Å². The summed E-state index contributed by atoms with van der Waals surface area (Å²) in [6, 6.07) is 10.2. The lowest BCUT2D eigenvalue weighted by Gasteiger charge is -2.35. The Hall–Kier alpha value is -3.89. The first-order valence-electron chi connectivity index (χ1n) is 9.47. The number of hydrogen-bond acceptors (Lipinski definition) is 6. The SMILES string of the molecule is O=C(Nc1ccc(F)c(F)c1F)N1CCN(c2ccc(Nc3ccccn3)nn2)CC1. The molecule has 2 aromatic heterocycles. The van der Waals surface area contributed by atoms with Crippen molar-refractivity contribution in [1.82, 2.24) is 20.1 Å². The second-order valence-corrected chi connectivity index (χ2v) is 6.74. The van der Waals surface area contributed by atoms with Gasteiger partial charge in [0.1, 0.15) is 5.82 Å². The molecule has 0 radical (unpaired) electrons. The lowest BCUT2D eigenvalue weighted by Crippen LogP contribution is -2.50. The van der Waals surface area contributed by atoms with Crippen LogP contribution < -0.4 is 15.5 Å². The van der Waals surface area contributed by atoms with E-state index in [9.17, 15) is 18.0 Å². The Morgan fingerprint density at radius 1 is 0.871 bits per heavy atom. The number of nitrogens with one attached hydrogen (secondary N) is 2. The van der Waals surface area contributed by atoms with Crippen LogP contribution in [0.3, 0.4) is 0 Å². The number of piperazine rings is 1. The van der Waals surface area contributed by atoms with Crippen LogP contribution in [0.5, 0.6) is 0 Å². The van der Waals surface area contributed by atoms with E-state index in [4.69, 9.17) is 0 Å². The minimum Gasteiger partial charge on any atom is -0.352 e. The second-order valence-electron chi connectivity index (χ2n) is 6.74. The molecule has 1 aromatic carbocycles. The highest BCUT2D eigenvalue weighted by Crippen LogP contribution is 2.21. The number of urea groups is 1. The zero-order valence-electron chi connectivity index (χ0n) is 16.2. The zero-order valence-corrected chi connectivity index (χ0v) is 16.2. The second kappa shape index (κ2) is 8.86. The Morgan fingerprint density at radius 3 is 2.35 bits per heavy atom. The molecule has 1 saturated heterocycles. The topological polar surface area (TPSA) is 86.3 Å². The third-order valence-corrected chi connectivity index (χ3v) is 4.74. The van der Waals surface area contributed by atoms with E-state index in [2.05, 4.69) is 25.8 Å². The molecule has 3 heterocycles. The molecule has 2 amide bonds. The lowest BCUT2D eigenvalue weighted by molar-refractivity contribution is 0.208. The van der Waals surface area contributed by atoms with Gasteiger partial charge in [-0.05, 0) is 36.4 Å². The van der Waals surface area contributed by atoms with Gasteiger partial charge in [-0.2, -0.15) is 0 Å². The predicted octanol–water partition coefficient (Wildman–Crippen LogP) is 3.39. The molecule has 1 aliphatic heterocycles. The van der Waals surface area contributed by atoms with Gasteiger partial charge in [0.15, 0.2) is 29.1 Å². The summed E-state index contributed by atoms with van der Waals surface area (Å²) < 4.78 is 40.1. The first-order valence-corrected chi connectivity index (χ1v) is 9.47. The smallest absolute Gasteiger partial charge is 0.322 e. The highest BCUT2D eigenvalue weighted by Gasteiger charge is 2.24.